The summed E-state index contributed by atoms with van der Waals surface area (Å²) in [5.41, 5.74) is 2.74. The Hall–Kier alpha value is -2.32. The first kappa shape index (κ1) is 19.6. The predicted molar refractivity (Wildman–Crippen MR) is 124 cm³/mol. The van der Waals surface area contributed by atoms with E-state index in [2.05, 4.69) is 10.2 Å². The second kappa shape index (κ2) is 8.07. The molecule has 0 unspecified atom stereocenters. The van der Waals surface area contributed by atoms with Crippen LogP contribution in [0.15, 0.2) is 69.9 Å². The van der Waals surface area contributed by atoms with Gasteiger partial charge in [0.25, 0.3) is 5.56 Å². The van der Waals surface area contributed by atoms with Gasteiger partial charge in [-0.3, -0.25) is 13.8 Å². The summed E-state index contributed by atoms with van der Waals surface area (Å²) in [6.07, 6.45) is 0. The van der Waals surface area contributed by atoms with E-state index >= 15 is 0 Å². The Morgan fingerprint density at radius 2 is 1.80 bits per heavy atom. The van der Waals surface area contributed by atoms with E-state index in [9.17, 15) is 4.79 Å². The van der Waals surface area contributed by atoms with Crippen molar-refractivity contribution >= 4 is 62.3 Å². The van der Waals surface area contributed by atoms with Crippen LogP contribution >= 0.6 is 46.3 Å². The quantitative estimate of drug-likeness (QED) is 0.305. The molecule has 0 saturated heterocycles. The SMILES string of the molecule is O=c1c2sccc2n2c(SCc3ccccc3Cl)nnc2n1Cc1ccc(Cl)cc1. The molecule has 30 heavy (non-hydrogen) atoms. The van der Waals surface area contributed by atoms with Crippen LogP contribution in [-0.4, -0.2) is 19.2 Å². The van der Waals surface area contributed by atoms with Crippen molar-refractivity contribution in [2.24, 2.45) is 0 Å². The Morgan fingerprint density at radius 3 is 2.60 bits per heavy atom. The summed E-state index contributed by atoms with van der Waals surface area (Å²) >= 11 is 15.3. The average Bonchev–Trinajstić information content (AvgIpc) is 3.39. The summed E-state index contributed by atoms with van der Waals surface area (Å²) in [7, 11) is 0. The summed E-state index contributed by atoms with van der Waals surface area (Å²) in [6.45, 7) is 0.390. The Balaban J connectivity index is 1.61. The first-order valence-corrected chi connectivity index (χ1v) is 11.7. The number of benzene rings is 2. The normalized spacial score (nSPS) is 11.5. The van der Waals surface area contributed by atoms with E-state index in [-0.39, 0.29) is 5.56 Å². The second-order valence-corrected chi connectivity index (χ2v) is 9.35. The Bertz CT molecular complexity index is 1420. The molecule has 0 N–H and O–H groups in total. The molecule has 0 fully saturated rings. The van der Waals surface area contributed by atoms with E-state index in [1.165, 1.54) is 11.3 Å². The third kappa shape index (κ3) is 3.52. The fourth-order valence-electron chi connectivity index (χ4n) is 3.27. The van der Waals surface area contributed by atoms with Gasteiger partial charge in [0.05, 0.1) is 12.1 Å². The van der Waals surface area contributed by atoms with Crippen LogP contribution in [0.3, 0.4) is 0 Å². The van der Waals surface area contributed by atoms with Crippen molar-refractivity contribution in [3.8, 4) is 0 Å². The Kier molecular flexibility index (Phi) is 5.28. The van der Waals surface area contributed by atoms with Gasteiger partial charge in [0.15, 0.2) is 5.16 Å². The van der Waals surface area contributed by atoms with Gasteiger partial charge in [-0.1, -0.05) is 65.3 Å². The molecule has 0 aliphatic rings. The highest BCUT2D eigenvalue weighted by atomic mass is 35.5. The van der Waals surface area contributed by atoms with Crippen molar-refractivity contribution in [1.82, 2.24) is 19.2 Å². The van der Waals surface area contributed by atoms with Crippen molar-refractivity contribution in [2.75, 3.05) is 0 Å². The fraction of sp³-hybridized carbons (Fsp3) is 0.0952. The number of nitrogens with zero attached hydrogens (tertiary/aromatic N) is 4. The Morgan fingerprint density at radius 1 is 1.00 bits per heavy atom. The zero-order valence-corrected chi connectivity index (χ0v) is 18.6. The van der Waals surface area contributed by atoms with Crippen LogP contribution in [0.2, 0.25) is 10.0 Å². The van der Waals surface area contributed by atoms with E-state index in [4.69, 9.17) is 23.2 Å². The molecule has 0 aliphatic heterocycles. The van der Waals surface area contributed by atoms with Gasteiger partial charge in [0.1, 0.15) is 4.70 Å². The van der Waals surface area contributed by atoms with Crippen molar-refractivity contribution < 1.29 is 0 Å². The lowest BCUT2D eigenvalue weighted by Crippen LogP contribution is -2.23. The number of fused-ring (bicyclic) bond motifs is 3. The van der Waals surface area contributed by atoms with Crippen LogP contribution in [0.4, 0.5) is 0 Å². The number of hydrogen-bond acceptors (Lipinski definition) is 5. The van der Waals surface area contributed by atoms with E-state index < -0.39 is 0 Å². The van der Waals surface area contributed by atoms with Gasteiger partial charge in [-0.15, -0.1) is 21.5 Å². The molecule has 5 aromatic rings. The summed E-state index contributed by atoms with van der Waals surface area (Å²) in [5.74, 6) is 1.17. The highest BCUT2D eigenvalue weighted by molar-refractivity contribution is 7.98. The van der Waals surface area contributed by atoms with Gasteiger partial charge < -0.3 is 0 Å². The van der Waals surface area contributed by atoms with Gasteiger partial charge in [0, 0.05) is 15.8 Å². The second-order valence-electron chi connectivity index (χ2n) is 6.65. The molecule has 3 aromatic heterocycles. The molecule has 9 heteroatoms. The van der Waals surface area contributed by atoms with Gasteiger partial charge in [-0.25, -0.2) is 0 Å². The highest BCUT2D eigenvalue weighted by Crippen LogP contribution is 2.28. The minimum absolute atomic E-state index is 0.0718. The maximum absolute atomic E-state index is 13.2. The van der Waals surface area contributed by atoms with Crippen molar-refractivity contribution in [2.45, 2.75) is 17.5 Å². The van der Waals surface area contributed by atoms with Crippen LogP contribution in [0.5, 0.6) is 0 Å². The molecule has 5 nitrogen and oxygen atoms in total. The zero-order chi connectivity index (χ0) is 20.7. The summed E-state index contributed by atoms with van der Waals surface area (Å²) < 4.78 is 4.29. The third-order valence-electron chi connectivity index (χ3n) is 4.75. The number of hydrogen-bond donors (Lipinski definition) is 0. The minimum Gasteiger partial charge on any atom is -0.271 e. The molecule has 0 aliphatic carbocycles. The Labute approximate surface area is 189 Å². The monoisotopic (exact) mass is 472 g/mol. The standard InChI is InChI=1S/C21H14Cl2N4OS2/c22-15-7-5-13(6-8-15)11-26-19(28)18-17(9-10-29-18)27-20(26)24-25-21(27)30-12-14-3-1-2-4-16(14)23/h1-10H,11-12H2. The van der Waals surface area contributed by atoms with Gasteiger partial charge in [-0.05, 0) is 40.8 Å². The van der Waals surface area contributed by atoms with E-state index in [0.717, 1.165) is 26.8 Å². The molecule has 0 amide bonds. The molecule has 3 heterocycles. The van der Waals surface area contributed by atoms with E-state index in [1.807, 2.05) is 64.4 Å². The lowest BCUT2D eigenvalue weighted by atomic mass is 10.2. The highest BCUT2D eigenvalue weighted by Gasteiger charge is 2.18. The van der Waals surface area contributed by atoms with Crippen LogP contribution in [0.1, 0.15) is 11.1 Å². The van der Waals surface area contributed by atoms with E-state index in [1.54, 1.807) is 16.3 Å². The van der Waals surface area contributed by atoms with Crippen LogP contribution in [-0.2, 0) is 12.3 Å². The third-order valence-corrected chi connectivity index (χ3v) is 7.24. The van der Waals surface area contributed by atoms with Crippen molar-refractivity contribution in [1.29, 1.82) is 0 Å². The molecule has 0 saturated carbocycles. The minimum atomic E-state index is -0.0718. The van der Waals surface area contributed by atoms with E-state index in [0.29, 0.717) is 27.8 Å². The summed E-state index contributed by atoms with van der Waals surface area (Å²) in [6, 6.07) is 17.1. The number of thioether (sulfide) groups is 1. The van der Waals surface area contributed by atoms with Gasteiger partial charge in [0.2, 0.25) is 5.78 Å². The molecular formula is C21H14Cl2N4OS2. The molecule has 150 valence electrons. The topological polar surface area (TPSA) is 52.2 Å². The molecule has 0 spiro atoms. The number of aromatic nitrogens is 4. The van der Waals surface area contributed by atoms with Crippen LogP contribution in [0, 0.1) is 0 Å². The first-order valence-electron chi connectivity index (χ1n) is 9.07. The van der Waals surface area contributed by atoms with Crippen molar-refractivity contribution in [3.63, 3.8) is 0 Å². The van der Waals surface area contributed by atoms with Crippen LogP contribution < -0.4 is 5.56 Å². The van der Waals surface area contributed by atoms with Gasteiger partial charge >= 0.3 is 0 Å². The maximum Gasteiger partial charge on any atom is 0.273 e. The fourth-order valence-corrected chi connectivity index (χ4v) is 5.44. The smallest absolute Gasteiger partial charge is 0.271 e. The maximum atomic E-state index is 13.2. The average molecular weight is 473 g/mol. The number of rotatable bonds is 5. The molecular weight excluding hydrogens is 459 g/mol. The number of halogens is 2. The molecule has 0 atom stereocenters. The number of thiophene rings is 1. The van der Waals surface area contributed by atoms with Crippen LogP contribution in [0.25, 0.3) is 16.0 Å². The largest absolute Gasteiger partial charge is 0.273 e. The lowest BCUT2D eigenvalue weighted by Gasteiger charge is -2.10. The van der Waals surface area contributed by atoms with Crippen molar-refractivity contribution in [3.05, 3.63) is 91.5 Å². The zero-order valence-electron chi connectivity index (χ0n) is 15.5. The molecule has 2 aromatic carbocycles. The van der Waals surface area contributed by atoms with Gasteiger partial charge in [-0.2, -0.15) is 0 Å². The molecule has 5 rings (SSSR count). The summed E-state index contributed by atoms with van der Waals surface area (Å²) in [4.78, 5) is 13.2. The predicted octanol–water partition coefficient (Wildman–Crippen LogP) is 5.75. The lowest BCUT2D eigenvalue weighted by molar-refractivity contribution is 0.765. The molecule has 0 radical (unpaired) electrons. The molecule has 0 bridgehead atoms. The summed E-state index contributed by atoms with van der Waals surface area (Å²) in [5, 5.41) is 12.8. The first-order chi connectivity index (χ1) is 14.6.